The highest BCUT2D eigenvalue weighted by molar-refractivity contribution is 5.94. The van der Waals surface area contributed by atoms with Gasteiger partial charge in [0.1, 0.15) is 11.4 Å². The van der Waals surface area contributed by atoms with Crippen LogP contribution >= 0.6 is 0 Å². The molecule has 3 N–H and O–H groups in total. The molecule has 0 radical (unpaired) electrons. The summed E-state index contributed by atoms with van der Waals surface area (Å²) < 4.78 is 71.3. The van der Waals surface area contributed by atoms with Gasteiger partial charge in [-0.3, -0.25) is 0 Å². The van der Waals surface area contributed by atoms with E-state index < -0.39 is 24.5 Å². The second-order valence-corrected chi connectivity index (χ2v) is 4.09. The van der Waals surface area contributed by atoms with E-state index in [2.05, 4.69) is 9.72 Å². The van der Waals surface area contributed by atoms with Crippen molar-refractivity contribution in [1.82, 2.24) is 4.98 Å². The van der Waals surface area contributed by atoms with Crippen LogP contribution in [0.15, 0.2) is 24.3 Å². The largest absolute Gasteiger partial charge is 0.573 e. The first-order valence-electron chi connectivity index (χ1n) is 5.71. The summed E-state index contributed by atoms with van der Waals surface area (Å²) in [5.74, 6) is -4.33. The number of aromatic carboxylic acids is 1. The Bertz CT molecular complexity index is 748. The second kappa shape index (κ2) is 6.68. The molecule has 0 bridgehead atoms. The third-order valence-corrected chi connectivity index (χ3v) is 2.30. The smallest absolute Gasteiger partial charge is 0.477 e. The van der Waals surface area contributed by atoms with Gasteiger partial charge in [-0.25, -0.2) is 9.59 Å². The number of nitrogens with one attached hydrogen (secondary N) is 1. The van der Waals surface area contributed by atoms with E-state index in [4.69, 9.17) is 15.0 Å². The first kappa shape index (κ1) is 19.1. The van der Waals surface area contributed by atoms with Crippen LogP contribution in [0.2, 0.25) is 0 Å². The van der Waals surface area contributed by atoms with Crippen LogP contribution in [0.3, 0.4) is 0 Å². The number of alkyl halides is 6. The Labute approximate surface area is 128 Å². The van der Waals surface area contributed by atoms with Gasteiger partial charge in [-0.15, -0.1) is 13.2 Å². The second-order valence-electron chi connectivity index (χ2n) is 4.09. The highest BCUT2D eigenvalue weighted by Gasteiger charge is 2.38. The van der Waals surface area contributed by atoms with Gasteiger partial charge in [0.25, 0.3) is 0 Å². The third kappa shape index (κ3) is 5.70. The molecule has 0 spiro atoms. The standard InChI is InChI=1S/C10H6F3NO3.C2HF3O2/c11-10(12,13)17-6-1-2-7-5(3-6)4-8(14-7)9(15)16;3-2(4,5)1(6)7/h1-4,14H,(H,15,16);(H,6,7). The molecule has 1 aromatic carbocycles. The van der Waals surface area contributed by atoms with E-state index in [0.717, 1.165) is 12.1 Å². The zero-order valence-electron chi connectivity index (χ0n) is 11.2. The minimum atomic E-state index is -5.08. The van der Waals surface area contributed by atoms with Crippen molar-refractivity contribution in [3.63, 3.8) is 0 Å². The topological polar surface area (TPSA) is 99.6 Å². The van der Waals surface area contributed by atoms with Crippen molar-refractivity contribution < 1.29 is 50.9 Å². The Morgan fingerprint density at radius 1 is 1.00 bits per heavy atom. The van der Waals surface area contributed by atoms with Crippen LogP contribution in [0, 0.1) is 0 Å². The molecule has 1 aromatic heterocycles. The summed E-state index contributed by atoms with van der Waals surface area (Å²) in [5.41, 5.74) is 0.334. The Balaban J connectivity index is 0.000000351. The fraction of sp³-hybridized carbons (Fsp3) is 0.167. The Morgan fingerprint density at radius 2 is 1.54 bits per heavy atom. The average Bonchev–Trinajstić information content (AvgIpc) is 2.79. The van der Waals surface area contributed by atoms with Crippen molar-refractivity contribution in [2.24, 2.45) is 0 Å². The van der Waals surface area contributed by atoms with E-state index in [1.807, 2.05) is 0 Å². The van der Waals surface area contributed by atoms with E-state index in [0.29, 0.717) is 10.9 Å². The van der Waals surface area contributed by atoms with Crippen LogP contribution in [0.1, 0.15) is 10.5 Å². The van der Waals surface area contributed by atoms with Crippen LogP contribution in [-0.2, 0) is 4.79 Å². The van der Waals surface area contributed by atoms with Gasteiger partial charge in [-0.05, 0) is 24.3 Å². The maximum absolute atomic E-state index is 12.0. The number of carbonyl (C=O) groups is 2. The number of aromatic nitrogens is 1. The lowest BCUT2D eigenvalue weighted by Crippen LogP contribution is -2.21. The van der Waals surface area contributed by atoms with E-state index in [1.54, 1.807) is 0 Å². The predicted octanol–water partition coefficient (Wildman–Crippen LogP) is 3.40. The number of hydrogen-bond donors (Lipinski definition) is 3. The van der Waals surface area contributed by atoms with Gasteiger partial charge in [0.05, 0.1) is 0 Å². The number of aliphatic carboxylic acids is 1. The molecule has 132 valence electrons. The lowest BCUT2D eigenvalue weighted by Gasteiger charge is -2.08. The van der Waals surface area contributed by atoms with E-state index in [-0.39, 0.29) is 11.4 Å². The molecule has 12 heteroatoms. The first-order chi connectivity index (χ1) is 10.8. The zero-order chi connectivity index (χ0) is 18.7. The van der Waals surface area contributed by atoms with Crippen molar-refractivity contribution in [3.05, 3.63) is 30.0 Å². The SMILES string of the molecule is O=C(O)C(F)(F)F.O=C(O)c1cc2cc(OC(F)(F)F)ccc2[nH]1. The number of hydrogen-bond acceptors (Lipinski definition) is 3. The van der Waals surface area contributed by atoms with Crippen LogP contribution < -0.4 is 4.74 Å². The Morgan fingerprint density at radius 3 is 1.96 bits per heavy atom. The molecule has 0 aliphatic carbocycles. The van der Waals surface area contributed by atoms with Gasteiger partial charge in [0, 0.05) is 10.9 Å². The predicted molar refractivity (Wildman–Crippen MR) is 65.6 cm³/mol. The monoisotopic (exact) mass is 359 g/mol. The molecular weight excluding hydrogens is 352 g/mol. The van der Waals surface area contributed by atoms with Gasteiger partial charge >= 0.3 is 24.5 Å². The van der Waals surface area contributed by atoms with Crippen molar-refractivity contribution in [2.45, 2.75) is 12.5 Å². The molecule has 2 rings (SSSR count). The number of ether oxygens (including phenoxy) is 1. The molecule has 0 saturated heterocycles. The lowest BCUT2D eigenvalue weighted by molar-refractivity contribution is -0.274. The number of carboxylic acids is 2. The van der Waals surface area contributed by atoms with E-state index in [1.165, 1.54) is 12.1 Å². The number of rotatable bonds is 2. The van der Waals surface area contributed by atoms with Crippen molar-refractivity contribution in [2.75, 3.05) is 0 Å². The minimum absolute atomic E-state index is 0.0934. The number of fused-ring (bicyclic) bond motifs is 1. The van der Waals surface area contributed by atoms with Crippen LogP contribution in [-0.4, -0.2) is 39.7 Å². The van der Waals surface area contributed by atoms with Crippen molar-refractivity contribution in [3.8, 4) is 5.75 Å². The van der Waals surface area contributed by atoms with Crippen LogP contribution in [0.5, 0.6) is 5.75 Å². The zero-order valence-corrected chi connectivity index (χ0v) is 11.2. The lowest BCUT2D eigenvalue weighted by atomic mass is 10.2. The molecular formula is C12H7F6NO5. The Hall–Kier alpha value is -2.92. The number of carboxylic acid groups (broad SMARTS) is 2. The van der Waals surface area contributed by atoms with Crippen molar-refractivity contribution >= 4 is 22.8 Å². The molecule has 0 aliphatic heterocycles. The fourth-order valence-corrected chi connectivity index (χ4v) is 1.42. The fourth-order valence-electron chi connectivity index (χ4n) is 1.42. The normalized spacial score (nSPS) is 11.6. The van der Waals surface area contributed by atoms with E-state index >= 15 is 0 Å². The minimum Gasteiger partial charge on any atom is -0.477 e. The molecule has 0 saturated carbocycles. The summed E-state index contributed by atoms with van der Waals surface area (Å²) in [6.45, 7) is 0. The van der Waals surface area contributed by atoms with Gasteiger partial charge in [0.2, 0.25) is 0 Å². The maximum atomic E-state index is 12.0. The molecule has 0 aliphatic rings. The average molecular weight is 359 g/mol. The number of H-pyrrole nitrogens is 1. The van der Waals surface area contributed by atoms with Crippen molar-refractivity contribution in [1.29, 1.82) is 0 Å². The third-order valence-electron chi connectivity index (χ3n) is 2.30. The molecule has 24 heavy (non-hydrogen) atoms. The molecule has 0 atom stereocenters. The summed E-state index contributed by atoms with van der Waals surface area (Å²) in [6.07, 6.45) is -9.85. The van der Waals surface area contributed by atoms with Crippen LogP contribution in [0.25, 0.3) is 10.9 Å². The Kier molecular flexibility index (Phi) is 5.32. The summed E-state index contributed by atoms with van der Waals surface area (Å²) in [7, 11) is 0. The van der Waals surface area contributed by atoms with Gasteiger partial charge in [-0.1, -0.05) is 0 Å². The number of aromatic amines is 1. The first-order valence-corrected chi connectivity index (χ1v) is 5.71. The highest BCUT2D eigenvalue weighted by atomic mass is 19.4. The maximum Gasteiger partial charge on any atom is 0.573 e. The molecule has 2 aromatic rings. The summed E-state index contributed by atoms with van der Waals surface area (Å²) in [4.78, 5) is 22.1. The van der Waals surface area contributed by atoms with Gasteiger partial charge < -0.3 is 19.9 Å². The number of halogens is 6. The highest BCUT2D eigenvalue weighted by Crippen LogP contribution is 2.26. The molecule has 0 amide bonds. The summed E-state index contributed by atoms with van der Waals surface area (Å²) in [6, 6.07) is 4.79. The molecule has 0 fully saturated rings. The van der Waals surface area contributed by atoms with Crippen LogP contribution in [0.4, 0.5) is 26.3 Å². The van der Waals surface area contributed by atoms with Gasteiger partial charge in [0.15, 0.2) is 0 Å². The van der Waals surface area contributed by atoms with Gasteiger partial charge in [-0.2, -0.15) is 13.2 Å². The molecule has 1 heterocycles. The van der Waals surface area contributed by atoms with E-state index in [9.17, 15) is 31.1 Å². The summed E-state index contributed by atoms with van der Waals surface area (Å²) >= 11 is 0. The molecule has 6 nitrogen and oxygen atoms in total. The summed E-state index contributed by atoms with van der Waals surface area (Å²) in [5, 5.41) is 16.2. The number of benzene rings is 1. The molecule has 0 unspecified atom stereocenters. The quantitative estimate of drug-likeness (QED) is 0.714.